The minimum Gasteiger partial charge on any atom is -0.480 e. The minimum absolute atomic E-state index is 0.0430. The van der Waals surface area contributed by atoms with Gasteiger partial charge >= 0.3 is 5.97 Å². The van der Waals surface area contributed by atoms with Gasteiger partial charge in [-0.2, -0.15) is 0 Å². The van der Waals surface area contributed by atoms with Crippen LogP contribution in [0.4, 0.5) is 0 Å². The summed E-state index contributed by atoms with van der Waals surface area (Å²) in [6.45, 7) is 3.54. The van der Waals surface area contributed by atoms with E-state index < -0.39 is 41.8 Å². The Balaban J connectivity index is 1.59. The molecule has 3 amide bonds. The van der Waals surface area contributed by atoms with Gasteiger partial charge in [-0.25, -0.2) is 4.79 Å². The van der Waals surface area contributed by atoms with E-state index in [2.05, 4.69) is 25.9 Å². The van der Waals surface area contributed by atoms with Gasteiger partial charge in [0, 0.05) is 47.0 Å². The van der Waals surface area contributed by atoms with E-state index in [-0.39, 0.29) is 25.3 Å². The fraction of sp³-hybridized carbons (Fsp3) is 0.333. The van der Waals surface area contributed by atoms with Gasteiger partial charge < -0.3 is 36.8 Å². The van der Waals surface area contributed by atoms with Crippen molar-refractivity contribution in [2.75, 3.05) is 6.54 Å². The number of H-pyrrole nitrogens is 2. The first-order chi connectivity index (χ1) is 19.7. The van der Waals surface area contributed by atoms with Gasteiger partial charge in [0.15, 0.2) is 0 Å². The molecule has 11 heteroatoms. The van der Waals surface area contributed by atoms with E-state index in [1.165, 1.54) is 0 Å². The van der Waals surface area contributed by atoms with E-state index in [0.717, 1.165) is 32.9 Å². The Bertz CT molecular complexity index is 1540. The van der Waals surface area contributed by atoms with Crippen molar-refractivity contribution in [3.8, 4) is 0 Å². The number of aliphatic carboxylic acids is 1. The van der Waals surface area contributed by atoms with E-state index in [9.17, 15) is 24.3 Å². The molecule has 216 valence electrons. The number of aromatic nitrogens is 2. The van der Waals surface area contributed by atoms with Gasteiger partial charge in [-0.15, -0.1) is 0 Å². The molecular formula is C30H36N6O5. The summed E-state index contributed by atoms with van der Waals surface area (Å²) in [6, 6.07) is 11.8. The van der Waals surface area contributed by atoms with Crippen LogP contribution in [0.3, 0.4) is 0 Å². The van der Waals surface area contributed by atoms with Crippen LogP contribution in [0.1, 0.15) is 31.4 Å². The number of carbonyl (C=O) groups excluding carboxylic acids is 3. The lowest BCUT2D eigenvalue weighted by Gasteiger charge is -2.25. The van der Waals surface area contributed by atoms with Crippen molar-refractivity contribution < 1.29 is 24.3 Å². The molecule has 0 aliphatic carbocycles. The SMILES string of the molecule is CC(C)CC(NC(=O)CN)C(=O)NC(Cc1c[nH]c2ccccc12)C(=O)NC(Cc1c[nH]c2ccccc12)C(=O)O. The summed E-state index contributed by atoms with van der Waals surface area (Å²) in [5.74, 6) is -2.83. The molecule has 4 aromatic rings. The lowest BCUT2D eigenvalue weighted by molar-refractivity contribution is -0.142. The summed E-state index contributed by atoms with van der Waals surface area (Å²) in [5, 5.41) is 19.8. The number of para-hydroxylation sites is 2. The predicted octanol–water partition coefficient (Wildman–Crippen LogP) is 1.98. The summed E-state index contributed by atoms with van der Waals surface area (Å²) in [6.07, 6.45) is 3.97. The Morgan fingerprint density at radius 3 is 1.76 bits per heavy atom. The van der Waals surface area contributed by atoms with Crippen LogP contribution in [0, 0.1) is 5.92 Å². The van der Waals surface area contributed by atoms with E-state index in [0.29, 0.717) is 6.42 Å². The van der Waals surface area contributed by atoms with Crippen molar-refractivity contribution >= 4 is 45.5 Å². The maximum absolute atomic E-state index is 13.7. The van der Waals surface area contributed by atoms with Gasteiger partial charge in [-0.05, 0) is 35.6 Å². The van der Waals surface area contributed by atoms with Gasteiger partial charge in [0.05, 0.1) is 6.54 Å². The van der Waals surface area contributed by atoms with Crippen molar-refractivity contribution in [2.24, 2.45) is 11.7 Å². The third-order valence-corrected chi connectivity index (χ3v) is 6.99. The molecule has 0 saturated heterocycles. The fourth-order valence-electron chi connectivity index (χ4n) is 4.95. The number of carboxylic acid groups (broad SMARTS) is 1. The standard InChI is InChI=1S/C30H36N6O5/c1-17(2)11-24(34-27(37)14-31)28(38)35-25(12-18-15-32-22-9-5-3-7-20(18)22)29(39)36-26(30(40)41)13-19-16-33-23-10-6-4-8-21(19)23/h3-10,15-17,24-26,32-33H,11-14,31H2,1-2H3,(H,34,37)(H,35,38)(H,36,39)(H,40,41). The zero-order chi connectivity index (χ0) is 29.5. The third-order valence-electron chi connectivity index (χ3n) is 6.99. The lowest BCUT2D eigenvalue weighted by Crippen LogP contribution is -2.57. The van der Waals surface area contributed by atoms with Crippen LogP contribution in [0.25, 0.3) is 21.8 Å². The second-order valence-corrected chi connectivity index (χ2v) is 10.5. The molecule has 0 aliphatic rings. The molecule has 41 heavy (non-hydrogen) atoms. The lowest BCUT2D eigenvalue weighted by atomic mass is 10.00. The molecule has 0 saturated carbocycles. The number of hydrogen-bond donors (Lipinski definition) is 7. The molecule has 8 N–H and O–H groups in total. The third kappa shape index (κ3) is 7.31. The van der Waals surface area contributed by atoms with Crippen LogP contribution in [-0.4, -0.2) is 63.4 Å². The van der Waals surface area contributed by atoms with Crippen LogP contribution >= 0.6 is 0 Å². The summed E-state index contributed by atoms with van der Waals surface area (Å²) in [5.41, 5.74) is 8.69. The highest BCUT2D eigenvalue weighted by molar-refractivity contribution is 5.95. The Morgan fingerprint density at radius 1 is 0.756 bits per heavy atom. The van der Waals surface area contributed by atoms with E-state index in [1.54, 1.807) is 12.4 Å². The second kappa shape index (κ2) is 13.1. The number of nitrogens with two attached hydrogens (primary N) is 1. The van der Waals surface area contributed by atoms with E-state index in [1.807, 2.05) is 62.4 Å². The van der Waals surface area contributed by atoms with Crippen LogP contribution in [-0.2, 0) is 32.0 Å². The number of rotatable bonds is 13. The Kier molecular flexibility index (Phi) is 9.41. The molecule has 2 aromatic carbocycles. The molecule has 11 nitrogen and oxygen atoms in total. The zero-order valence-corrected chi connectivity index (χ0v) is 23.1. The normalized spacial score (nSPS) is 13.6. The predicted molar refractivity (Wildman–Crippen MR) is 156 cm³/mol. The van der Waals surface area contributed by atoms with Gasteiger partial charge in [-0.3, -0.25) is 14.4 Å². The number of nitrogens with one attached hydrogen (secondary N) is 5. The van der Waals surface area contributed by atoms with E-state index in [4.69, 9.17) is 5.73 Å². The summed E-state index contributed by atoms with van der Waals surface area (Å²) in [4.78, 5) is 57.6. The van der Waals surface area contributed by atoms with Crippen molar-refractivity contribution in [1.29, 1.82) is 0 Å². The Morgan fingerprint density at radius 2 is 1.24 bits per heavy atom. The summed E-state index contributed by atoms with van der Waals surface area (Å²) in [7, 11) is 0. The number of benzene rings is 2. The first-order valence-electron chi connectivity index (χ1n) is 13.6. The highest BCUT2D eigenvalue weighted by Crippen LogP contribution is 2.21. The minimum atomic E-state index is -1.24. The highest BCUT2D eigenvalue weighted by atomic mass is 16.4. The average Bonchev–Trinajstić information content (AvgIpc) is 3.55. The van der Waals surface area contributed by atoms with E-state index >= 15 is 0 Å². The molecule has 3 atom stereocenters. The Labute approximate surface area is 237 Å². The molecular weight excluding hydrogens is 524 g/mol. The maximum atomic E-state index is 13.7. The molecule has 0 bridgehead atoms. The first kappa shape index (κ1) is 29.3. The van der Waals surface area contributed by atoms with Crippen molar-refractivity contribution in [1.82, 2.24) is 25.9 Å². The maximum Gasteiger partial charge on any atom is 0.326 e. The summed E-state index contributed by atoms with van der Waals surface area (Å²) < 4.78 is 0. The van der Waals surface area contributed by atoms with Crippen LogP contribution in [0.15, 0.2) is 60.9 Å². The Hall–Kier alpha value is -4.64. The fourth-order valence-corrected chi connectivity index (χ4v) is 4.95. The number of hydrogen-bond acceptors (Lipinski definition) is 5. The second-order valence-electron chi connectivity index (χ2n) is 10.5. The van der Waals surface area contributed by atoms with Crippen LogP contribution in [0.5, 0.6) is 0 Å². The van der Waals surface area contributed by atoms with Gasteiger partial charge in [0.1, 0.15) is 18.1 Å². The van der Waals surface area contributed by atoms with Crippen molar-refractivity contribution in [2.45, 2.75) is 51.2 Å². The smallest absolute Gasteiger partial charge is 0.326 e. The number of carboxylic acids is 1. The quantitative estimate of drug-likeness (QED) is 0.131. The summed E-state index contributed by atoms with van der Waals surface area (Å²) >= 11 is 0. The molecule has 4 rings (SSSR count). The van der Waals surface area contributed by atoms with Crippen LogP contribution in [0.2, 0.25) is 0 Å². The zero-order valence-electron chi connectivity index (χ0n) is 23.1. The van der Waals surface area contributed by atoms with Gasteiger partial charge in [-0.1, -0.05) is 50.2 Å². The van der Waals surface area contributed by atoms with Crippen LogP contribution < -0.4 is 21.7 Å². The molecule has 0 spiro atoms. The largest absolute Gasteiger partial charge is 0.480 e. The number of carbonyl (C=O) groups is 4. The monoisotopic (exact) mass is 560 g/mol. The number of aromatic amines is 2. The molecule has 2 aromatic heterocycles. The number of fused-ring (bicyclic) bond motifs is 2. The molecule has 2 heterocycles. The first-order valence-corrected chi connectivity index (χ1v) is 13.6. The average molecular weight is 561 g/mol. The molecule has 3 unspecified atom stereocenters. The molecule has 0 fully saturated rings. The molecule has 0 radical (unpaired) electrons. The topological polar surface area (TPSA) is 182 Å². The van der Waals surface area contributed by atoms with Crippen molar-refractivity contribution in [3.05, 3.63) is 72.1 Å². The molecule has 0 aliphatic heterocycles. The number of amides is 3. The van der Waals surface area contributed by atoms with Gasteiger partial charge in [0.25, 0.3) is 0 Å². The van der Waals surface area contributed by atoms with Crippen molar-refractivity contribution in [3.63, 3.8) is 0 Å². The van der Waals surface area contributed by atoms with Gasteiger partial charge in [0.2, 0.25) is 17.7 Å². The highest BCUT2D eigenvalue weighted by Gasteiger charge is 2.31.